The van der Waals surface area contributed by atoms with Crippen LogP contribution in [-0.4, -0.2) is 66.3 Å². The van der Waals surface area contributed by atoms with Gasteiger partial charge in [-0.25, -0.2) is 15.0 Å². The summed E-state index contributed by atoms with van der Waals surface area (Å²) in [7, 11) is 1.66. The second-order valence-corrected chi connectivity index (χ2v) is 10.5. The van der Waals surface area contributed by atoms with Crippen LogP contribution in [0.4, 0.5) is 11.6 Å². The highest BCUT2D eigenvalue weighted by Gasteiger charge is 2.19. The van der Waals surface area contributed by atoms with Gasteiger partial charge >= 0.3 is 0 Å². The first-order chi connectivity index (χ1) is 16.4. The van der Waals surface area contributed by atoms with Crippen LogP contribution in [0.15, 0.2) is 29.4 Å². The van der Waals surface area contributed by atoms with E-state index in [1.54, 1.807) is 24.5 Å². The van der Waals surface area contributed by atoms with E-state index in [1.807, 2.05) is 18.2 Å². The predicted octanol–water partition coefficient (Wildman–Crippen LogP) is 3.22. The number of nitrogens with zero attached hydrogens (tertiary/aromatic N) is 4. The SMILES string of the molecule is COc1ccc(-c2nc(C(C)Sc3nc(N)cc(N)n3)c(C)s2)cc1OCCN1CCNCC1. The zero-order valence-electron chi connectivity index (χ0n) is 19.7. The third kappa shape index (κ3) is 6.09. The van der Waals surface area contributed by atoms with Crippen LogP contribution in [0.3, 0.4) is 0 Å². The molecule has 1 unspecified atom stereocenters. The first kappa shape index (κ1) is 24.5. The number of methoxy groups -OCH3 is 1. The second kappa shape index (κ2) is 11.2. The summed E-state index contributed by atoms with van der Waals surface area (Å²) in [4.78, 5) is 17.0. The van der Waals surface area contributed by atoms with Crippen LogP contribution in [0.1, 0.15) is 22.7 Å². The van der Waals surface area contributed by atoms with Gasteiger partial charge in [0.15, 0.2) is 16.7 Å². The molecule has 11 heteroatoms. The number of aryl methyl sites for hydroxylation is 1. The fourth-order valence-electron chi connectivity index (χ4n) is 3.78. The standard InChI is InChI=1S/C23H31N7O2S2/c1-14-21(15(2)34-23-27-19(24)13-20(25)28-23)29-22(33-14)16-4-5-17(31-3)18(12-16)32-11-10-30-8-6-26-7-9-30/h4-5,12-13,15,26H,6-11H2,1-3H3,(H4,24,25,27,28). The molecule has 1 saturated heterocycles. The molecule has 3 aromatic rings. The predicted molar refractivity (Wildman–Crippen MR) is 139 cm³/mol. The van der Waals surface area contributed by atoms with Crippen molar-refractivity contribution in [1.29, 1.82) is 0 Å². The Morgan fingerprint density at radius 2 is 1.85 bits per heavy atom. The molecular formula is C23H31N7O2S2. The topological polar surface area (TPSA) is 124 Å². The summed E-state index contributed by atoms with van der Waals surface area (Å²) in [6.45, 7) is 9.81. The molecule has 0 saturated carbocycles. The second-order valence-electron chi connectivity index (χ2n) is 8.03. The number of hydrogen-bond acceptors (Lipinski definition) is 11. The molecule has 3 heterocycles. The fraction of sp³-hybridized carbons (Fsp3) is 0.435. The van der Waals surface area contributed by atoms with Crippen molar-refractivity contribution in [3.8, 4) is 22.1 Å². The summed E-state index contributed by atoms with van der Waals surface area (Å²) in [5.41, 5.74) is 13.6. The third-order valence-corrected chi connectivity index (χ3v) is 7.54. The van der Waals surface area contributed by atoms with E-state index < -0.39 is 0 Å². The van der Waals surface area contributed by atoms with E-state index in [4.69, 9.17) is 25.9 Å². The summed E-state index contributed by atoms with van der Waals surface area (Å²) in [6, 6.07) is 7.52. The van der Waals surface area contributed by atoms with Crippen molar-refractivity contribution in [2.24, 2.45) is 0 Å². The van der Waals surface area contributed by atoms with Crippen molar-refractivity contribution < 1.29 is 9.47 Å². The van der Waals surface area contributed by atoms with Crippen LogP contribution in [-0.2, 0) is 0 Å². The molecule has 5 N–H and O–H groups in total. The molecular weight excluding hydrogens is 470 g/mol. The van der Waals surface area contributed by atoms with E-state index in [2.05, 4.69) is 34.0 Å². The quantitative estimate of drug-likeness (QED) is 0.297. The Bertz CT molecular complexity index is 1100. The van der Waals surface area contributed by atoms with Gasteiger partial charge in [0, 0.05) is 49.2 Å². The van der Waals surface area contributed by atoms with Gasteiger partial charge in [0.1, 0.15) is 23.3 Å². The number of thioether (sulfide) groups is 1. The average molecular weight is 502 g/mol. The van der Waals surface area contributed by atoms with Gasteiger partial charge in [0.2, 0.25) is 0 Å². The van der Waals surface area contributed by atoms with Crippen molar-refractivity contribution in [3.05, 3.63) is 34.8 Å². The summed E-state index contributed by atoms with van der Waals surface area (Å²) < 4.78 is 11.7. The minimum absolute atomic E-state index is 0.0409. The van der Waals surface area contributed by atoms with E-state index in [0.717, 1.165) is 65.4 Å². The molecule has 9 nitrogen and oxygen atoms in total. The van der Waals surface area contributed by atoms with Gasteiger partial charge in [-0.2, -0.15) is 0 Å². The van der Waals surface area contributed by atoms with E-state index >= 15 is 0 Å². The molecule has 4 rings (SSSR count). The van der Waals surface area contributed by atoms with Gasteiger partial charge < -0.3 is 26.3 Å². The number of ether oxygens (including phenoxy) is 2. The van der Waals surface area contributed by atoms with Gasteiger partial charge in [-0.3, -0.25) is 4.90 Å². The lowest BCUT2D eigenvalue weighted by Gasteiger charge is -2.27. The van der Waals surface area contributed by atoms with Gasteiger partial charge in [-0.05, 0) is 32.0 Å². The van der Waals surface area contributed by atoms with Crippen molar-refractivity contribution >= 4 is 34.7 Å². The maximum Gasteiger partial charge on any atom is 0.192 e. The number of nitrogens with two attached hydrogens (primary N) is 2. The van der Waals surface area contributed by atoms with E-state index in [9.17, 15) is 0 Å². The zero-order chi connectivity index (χ0) is 24.1. The van der Waals surface area contributed by atoms with Gasteiger partial charge in [0.25, 0.3) is 0 Å². The maximum atomic E-state index is 6.12. The largest absolute Gasteiger partial charge is 0.493 e. The number of nitrogens with one attached hydrogen (secondary N) is 1. The maximum absolute atomic E-state index is 6.12. The Hall–Kier alpha value is -2.60. The van der Waals surface area contributed by atoms with Crippen molar-refractivity contribution in [2.75, 3.05) is 57.9 Å². The molecule has 1 aliphatic heterocycles. The van der Waals surface area contributed by atoms with Crippen molar-refractivity contribution in [1.82, 2.24) is 25.2 Å². The number of piperazine rings is 1. The monoisotopic (exact) mass is 501 g/mol. The van der Waals surface area contributed by atoms with Crippen LogP contribution in [0.25, 0.3) is 10.6 Å². The highest BCUT2D eigenvalue weighted by molar-refractivity contribution is 7.99. The lowest BCUT2D eigenvalue weighted by Crippen LogP contribution is -2.44. The molecule has 2 aromatic heterocycles. The van der Waals surface area contributed by atoms with Crippen molar-refractivity contribution in [3.63, 3.8) is 0 Å². The number of nitrogen functional groups attached to an aromatic ring is 2. The number of aromatic nitrogens is 3. The molecule has 1 aliphatic rings. The van der Waals surface area contributed by atoms with E-state index in [0.29, 0.717) is 23.4 Å². The zero-order valence-corrected chi connectivity index (χ0v) is 21.3. The smallest absolute Gasteiger partial charge is 0.192 e. The number of benzene rings is 1. The van der Waals surface area contributed by atoms with Crippen LogP contribution in [0.2, 0.25) is 0 Å². The first-order valence-electron chi connectivity index (χ1n) is 11.2. The molecule has 0 spiro atoms. The van der Waals surface area contributed by atoms with Gasteiger partial charge in [0.05, 0.1) is 18.1 Å². The van der Waals surface area contributed by atoms with E-state index in [-0.39, 0.29) is 5.25 Å². The molecule has 1 fully saturated rings. The van der Waals surface area contributed by atoms with E-state index in [1.165, 1.54) is 11.8 Å². The summed E-state index contributed by atoms with van der Waals surface area (Å²) >= 11 is 3.14. The Kier molecular flexibility index (Phi) is 8.09. The number of anilines is 2. The molecule has 0 aliphatic carbocycles. The molecule has 182 valence electrons. The van der Waals surface area contributed by atoms with Crippen LogP contribution < -0.4 is 26.3 Å². The number of rotatable bonds is 9. The van der Waals surface area contributed by atoms with Gasteiger partial charge in [-0.1, -0.05) is 11.8 Å². The third-order valence-electron chi connectivity index (χ3n) is 5.53. The molecule has 34 heavy (non-hydrogen) atoms. The Morgan fingerprint density at radius 3 is 2.56 bits per heavy atom. The number of hydrogen-bond donors (Lipinski definition) is 3. The van der Waals surface area contributed by atoms with Crippen LogP contribution in [0, 0.1) is 6.92 Å². The van der Waals surface area contributed by atoms with Crippen LogP contribution in [0.5, 0.6) is 11.5 Å². The Labute approximate surface area is 208 Å². The molecule has 0 radical (unpaired) electrons. The fourth-order valence-corrected chi connectivity index (χ4v) is 5.83. The Morgan fingerprint density at radius 1 is 1.12 bits per heavy atom. The summed E-state index contributed by atoms with van der Waals surface area (Å²) in [5, 5.41) is 4.89. The lowest BCUT2D eigenvalue weighted by molar-refractivity contribution is 0.188. The number of thiazole rings is 1. The lowest BCUT2D eigenvalue weighted by atomic mass is 10.2. The summed E-state index contributed by atoms with van der Waals surface area (Å²) in [6.07, 6.45) is 0. The Balaban J connectivity index is 1.48. The van der Waals surface area contributed by atoms with Crippen molar-refractivity contribution in [2.45, 2.75) is 24.3 Å². The molecule has 1 aromatic carbocycles. The minimum Gasteiger partial charge on any atom is -0.493 e. The molecule has 0 bridgehead atoms. The highest BCUT2D eigenvalue weighted by Crippen LogP contribution is 2.40. The average Bonchev–Trinajstić information content (AvgIpc) is 3.21. The summed E-state index contributed by atoms with van der Waals surface area (Å²) in [5.74, 6) is 2.18. The normalized spacial score (nSPS) is 15.3. The highest BCUT2D eigenvalue weighted by atomic mass is 32.2. The van der Waals surface area contributed by atoms with Crippen LogP contribution >= 0.6 is 23.1 Å². The first-order valence-corrected chi connectivity index (χ1v) is 12.9. The molecule has 1 atom stereocenters. The molecule has 0 amide bonds. The van der Waals surface area contributed by atoms with Gasteiger partial charge in [-0.15, -0.1) is 11.3 Å². The minimum atomic E-state index is 0.0409.